The number of carbonyl (C=O) groups is 5. The monoisotopic (exact) mass is 475 g/mol. The molecule has 12 heteroatoms. The number of rotatable bonds is 11. The van der Waals surface area contributed by atoms with Gasteiger partial charge < -0.3 is 26.6 Å². The second-order valence-corrected chi connectivity index (χ2v) is 8.69. The van der Waals surface area contributed by atoms with Crippen molar-refractivity contribution in [3.8, 4) is 0 Å². The van der Waals surface area contributed by atoms with E-state index in [1.807, 2.05) is 13.8 Å². The number of thiol groups is 2. The van der Waals surface area contributed by atoms with Crippen LogP contribution in [-0.4, -0.2) is 76.7 Å². The smallest absolute Gasteiger partial charge is 0.246 e. The summed E-state index contributed by atoms with van der Waals surface area (Å²) >= 11 is 8.13. The first-order valence-electron chi connectivity index (χ1n) is 10.2. The molecule has 4 atom stereocenters. The Kier molecular flexibility index (Phi) is 11.2. The third-order valence-corrected chi connectivity index (χ3v) is 5.61. The normalized spacial score (nSPS) is 18.8. The number of hydrogen-bond donors (Lipinski definition) is 6. The summed E-state index contributed by atoms with van der Waals surface area (Å²) in [4.78, 5) is 62.7. The third-order valence-electron chi connectivity index (χ3n) is 4.88. The molecular formula is C19H33N5O5S2. The van der Waals surface area contributed by atoms with Gasteiger partial charge in [0.15, 0.2) is 0 Å². The van der Waals surface area contributed by atoms with Gasteiger partial charge in [-0.15, -0.1) is 0 Å². The minimum absolute atomic E-state index is 0.0303. The Morgan fingerprint density at radius 3 is 2.10 bits per heavy atom. The zero-order chi connectivity index (χ0) is 23.7. The van der Waals surface area contributed by atoms with E-state index in [9.17, 15) is 24.0 Å². The quantitative estimate of drug-likeness (QED) is 0.208. The van der Waals surface area contributed by atoms with Crippen LogP contribution in [0.25, 0.3) is 0 Å². The van der Waals surface area contributed by atoms with Gasteiger partial charge in [-0.1, -0.05) is 13.8 Å². The number of nitrogens with zero attached hydrogens (tertiary/aromatic N) is 1. The largest absolute Gasteiger partial charge is 0.368 e. The van der Waals surface area contributed by atoms with Crippen LogP contribution in [-0.2, 0) is 24.0 Å². The van der Waals surface area contributed by atoms with Crippen molar-refractivity contribution in [3.63, 3.8) is 0 Å². The third kappa shape index (κ3) is 8.24. The molecule has 0 aliphatic carbocycles. The van der Waals surface area contributed by atoms with Crippen LogP contribution in [0.4, 0.5) is 0 Å². The van der Waals surface area contributed by atoms with Crippen molar-refractivity contribution in [2.75, 3.05) is 18.1 Å². The van der Waals surface area contributed by atoms with Crippen LogP contribution in [0, 0.1) is 5.92 Å². The van der Waals surface area contributed by atoms with Crippen LogP contribution in [0.5, 0.6) is 0 Å². The maximum absolute atomic E-state index is 13.0. The molecule has 0 unspecified atom stereocenters. The van der Waals surface area contributed by atoms with Gasteiger partial charge in [0, 0.05) is 25.0 Å². The summed E-state index contributed by atoms with van der Waals surface area (Å²) in [5, 5.41) is 7.76. The zero-order valence-corrected chi connectivity index (χ0v) is 19.9. The summed E-state index contributed by atoms with van der Waals surface area (Å²) in [5.74, 6) is -2.28. The first-order valence-corrected chi connectivity index (χ1v) is 11.5. The minimum Gasteiger partial charge on any atom is -0.368 e. The maximum Gasteiger partial charge on any atom is 0.246 e. The molecule has 0 aromatic heterocycles. The molecule has 5 N–H and O–H groups in total. The molecule has 176 valence electrons. The van der Waals surface area contributed by atoms with Gasteiger partial charge in [-0.25, -0.2) is 0 Å². The van der Waals surface area contributed by atoms with Crippen LogP contribution in [0.3, 0.4) is 0 Å². The van der Waals surface area contributed by atoms with Crippen molar-refractivity contribution in [2.45, 2.75) is 64.2 Å². The van der Waals surface area contributed by atoms with Gasteiger partial charge in [-0.2, -0.15) is 25.3 Å². The van der Waals surface area contributed by atoms with Gasteiger partial charge in [0.25, 0.3) is 0 Å². The molecule has 1 aliphatic heterocycles. The van der Waals surface area contributed by atoms with E-state index in [2.05, 4.69) is 41.2 Å². The lowest BCUT2D eigenvalue weighted by Crippen LogP contribution is -2.58. The van der Waals surface area contributed by atoms with Gasteiger partial charge in [-0.05, 0) is 25.2 Å². The van der Waals surface area contributed by atoms with Crippen LogP contribution >= 0.6 is 25.3 Å². The Bertz CT molecular complexity index is 691. The summed E-state index contributed by atoms with van der Waals surface area (Å²) in [6.07, 6.45) is 1.39. The molecule has 0 aromatic rings. The number of nitrogens with one attached hydrogen (secondary N) is 3. The molecule has 0 spiro atoms. The van der Waals surface area contributed by atoms with E-state index in [1.165, 1.54) is 11.8 Å². The highest BCUT2D eigenvalue weighted by Gasteiger charge is 2.38. The van der Waals surface area contributed by atoms with E-state index >= 15 is 0 Å². The Morgan fingerprint density at radius 1 is 1.00 bits per heavy atom. The molecule has 31 heavy (non-hydrogen) atoms. The molecule has 0 radical (unpaired) electrons. The number of carbonyl (C=O) groups excluding carboxylic acids is 5. The summed E-state index contributed by atoms with van der Waals surface area (Å²) < 4.78 is 0. The molecule has 0 bridgehead atoms. The molecule has 1 fully saturated rings. The number of likely N-dealkylation sites (tertiary alicyclic amines) is 1. The summed E-state index contributed by atoms with van der Waals surface area (Å²) in [7, 11) is 0. The first-order chi connectivity index (χ1) is 14.5. The topological polar surface area (TPSA) is 151 Å². The van der Waals surface area contributed by atoms with Gasteiger partial charge in [0.2, 0.25) is 29.5 Å². The lowest BCUT2D eigenvalue weighted by molar-refractivity contribution is -0.141. The summed E-state index contributed by atoms with van der Waals surface area (Å²) in [6, 6.07) is -3.46. The molecule has 10 nitrogen and oxygen atoms in total. The van der Waals surface area contributed by atoms with Crippen LogP contribution in [0.15, 0.2) is 0 Å². The lowest BCUT2D eigenvalue weighted by Gasteiger charge is -2.29. The number of primary amides is 1. The fraction of sp³-hybridized carbons (Fsp3) is 0.737. The SMILES string of the molecule is CC(=O)N[C@@H](CS)C(=O)N1CCC[C@H]1C(=O)N[C@@H](CC(C)C)C(=O)N[C@@H](CS)C(N)=O. The molecule has 1 rings (SSSR count). The van der Waals surface area contributed by atoms with Crippen LogP contribution in [0.2, 0.25) is 0 Å². The Labute approximate surface area is 193 Å². The fourth-order valence-corrected chi connectivity index (χ4v) is 3.90. The van der Waals surface area contributed by atoms with E-state index in [0.717, 1.165) is 0 Å². The maximum atomic E-state index is 13.0. The highest BCUT2D eigenvalue weighted by atomic mass is 32.1. The van der Waals surface area contributed by atoms with Crippen LogP contribution < -0.4 is 21.7 Å². The number of amides is 5. The first kappa shape index (κ1) is 27.1. The van der Waals surface area contributed by atoms with Crippen molar-refractivity contribution in [3.05, 3.63) is 0 Å². The van der Waals surface area contributed by atoms with Gasteiger partial charge in [0.05, 0.1) is 0 Å². The van der Waals surface area contributed by atoms with Crippen molar-refractivity contribution < 1.29 is 24.0 Å². The summed E-state index contributed by atoms with van der Waals surface area (Å²) in [5.41, 5.74) is 5.25. The Morgan fingerprint density at radius 2 is 1.61 bits per heavy atom. The predicted octanol–water partition coefficient (Wildman–Crippen LogP) is -1.16. The van der Waals surface area contributed by atoms with Crippen molar-refractivity contribution in [1.29, 1.82) is 0 Å². The van der Waals surface area contributed by atoms with Gasteiger partial charge >= 0.3 is 0 Å². The lowest BCUT2D eigenvalue weighted by atomic mass is 10.0. The van der Waals surface area contributed by atoms with Crippen molar-refractivity contribution in [2.24, 2.45) is 11.7 Å². The Balaban J connectivity index is 2.93. The number of nitrogens with two attached hydrogens (primary N) is 1. The van der Waals surface area contributed by atoms with Crippen LogP contribution in [0.1, 0.15) is 40.0 Å². The molecule has 1 aliphatic rings. The summed E-state index contributed by atoms with van der Waals surface area (Å²) in [6.45, 7) is 5.46. The van der Waals surface area contributed by atoms with E-state index in [-0.39, 0.29) is 23.3 Å². The Hall–Kier alpha value is -1.95. The van der Waals surface area contributed by atoms with Gasteiger partial charge in [0.1, 0.15) is 24.2 Å². The van der Waals surface area contributed by atoms with Crippen molar-refractivity contribution in [1.82, 2.24) is 20.9 Å². The van der Waals surface area contributed by atoms with E-state index in [0.29, 0.717) is 25.8 Å². The molecule has 0 saturated carbocycles. The molecule has 1 saturated heterocycles. The van der Waals surface area contributed by atoms with E-state index in [4.69, 9.17) is 5.73 Å². The standard InChI is InChI=1S/C19H33N5O5S2/c1-10(2)7-12(17(27)23-13(8-30)16(20)26)22-18(28)15-5-4-6-24(15)19(29)14(9-31)21-11(3)25/h10,12-15,30-31H,4-9H2,1-3H3,(H2,20,26)(H,21,25)(H,22,28)(H,23,27)/t12-,13-,14-,15-/m0/s1. The number of hydrogen-bond acceptors (Lipinski definition) is 7. The predicted molar refractivity (Wildman–Crippen MR) is 123 cm³/mol. The second kappa shape index (κ2) is 12.8. The van der Waals surface area contributed by atoms with E-state index < -0.39 is 47.8 Å². The molecule has 0 aromatic carbocycles. The average Bonchev–Trinajstić information content (AvgIpc) is 3.18. The molecular weight excluding hydrogens is 442 g/mol. The average molecular weight is 476 g/mol. The fourth-order valence-electron chi connectivity index (χ4n) is 3.38. The van der Waals surface area contributed by atoms with Gasteiger partial charge in [-0.3, -0.25) is 24.0 Å². The zero-order valence-electron chi connectivity index (χ0n) is 18.1. The minimum atomic E-state index is -0.958. The second-order valence-electron chi connectivity index (χ2n) is 7.96. The highest BCUT2D eigenvalue weighted by molar-refractivity contribution is 7.80. The molecule has 5 amide bonds. The van der Waals surface area contributed by atoms with Crippen molar-refractivity contribution >= 4 is 54.8 Å². The highest BCUT2D eigenvalue weighted by Crippen LogP contribution is 2.19. The van der Waals surface area contributed by atoms with E-state index in [1.54, 1.807) is 0 Å². The molecule has 1 heterocycles.